The van der Waals surface area contributed by atoms with E-state index >= 15 is 0 Å². The fourth-order valence-corrected chi connectivity index (χ4v) is 3.47. The lowest BCUT2D eigenvalue weighted by Crippen LogP contribution is -2.23. The molecule has 4 nitrogen and oxygen atoms in total. The Hall–Kier alpha value is -3.14. The number of hydrogen-bond acceptors (Lipinski definition) is 3. The number of esters is 1. The fourth-order valence-electron chi connectivity index (χ4n) is 3.47. The maximum absolute atomic E-state index is 12.3. The van der Waals surface area contributed by atoms with Crippen molar-refractivity contribution in [3.8, 4) is 0 Å². The van der Waals surface area contributed by atoms with Gasteiger partial charge in [0, 0.05) is 17.7 Å². The Labute approximate surface area is 145 Å². The zero-order valence-corrected chi connectivity index (χ0v) is 13.8. The first-order valence-electron chi connectivity index (χ1n) is 8.17. The lowest BCUT2D eigenvalue weighted by molar-refractivity contribution is -0.116. The summed E-state index contributed by atoms with van der Waals surface area (Å²) in [6.45, 7) is 0. The maximum atomic E-state index is 12.3. The van der Waals surface area contributed by atoms with Crippen LogP contribution in [0.15, 0.2) is 60.7 Å². The van der Waals surface area contributed by atoms with Gasteiger partial charge in [-0.2, -0.15) is 0 Å². The zero-order valence-electron chi connectivity index (χ0n) is 13.8. The molecule has 0 unspecified atom stereocenters. The van der Waals surface area contributed by atoms with Crippen LogP contribution in [0, 0.1) is 0 Å². The Morgan fingerprint density at radius 1 is 1.04 bits per heavy atom. The number of ether oxygens (including phenoxy) is 1. The Morgan fingerprint density at radius 3 is 2.56 bits per heavy atom. The lowest BCUT2D eigenvalue weighted by atomic mass is 9.83. The van der Waals surface area contributed by atoms with E-state index in [4.69, 9.17) is 4.74 Å². The molecule has 0 saturated carbocycles. The molecule has 1 aliphatic heterocycles. The first-order chi connectivity index (χ1) is 12.2. The lowest BCUT2D eigenvalue weighted by Gasteiger charge is -2.27. The molecule has 1 N–H and O–H groups in total. The monoisotopic (exact) mass is 331 g/mol. The van der Waals surface area contributed by atoms with Crippen molar-refractivity contribution in [3.05, 3.63) is 77.4 Å². The van der Waals surface area contributed by atoms with Crippen LogP contribution in [-0.2, 0) is 9.53 Å². The molecule has 124 valence electrons. The molecule has 1 heterocycles. The number of anilines is 1. The molecule has 0 aliphatic carbocycles. The van der Waals surface area contributed by atoms with E-state index in [1.165, 1.54) is 7.11 Å². The quantitative estimate of drug-likeness (QED) is 0.719. The van der Waals surface area contributed by atoms with Crippen molar-refractivity contribution in [3.63, 3.8) is 0 Å². The molecule has 1 amide bonds. The Balaban J connectivity index is 1.81. The van der Waals surface area contributed by atoms with Crippen LogP contribution in [0.4, 0.5) is 5.69 Å². The number of rotatable bonds is 2. The third kappa shape index (κ3) is 2.66. The van der Waals surface area contributed by atoms with Crippen molar-refractivity contribution in [2.45, 2.75) is 12.3 Å². The normalized spacial score (nSPS) is 16.2. The molecule has 0 spiro atoms. The Kier molecular flexibility index (Phi) is 3.73. The van der Waals surface area contributed by atoms with Gasteiger partial charge in [0.15, 0.2) is 0 Å². The molecule has 4 rings (SSSR count). The van der Waals surface area contributed by atoms with Gasteiger partial charge in [-0.25, -0.2) is 4.79 Å². The average Bonchev–Trinajstić information content (AvgIpc) is 2.66. The summed E-state index contributed by atoms with van der Waals surface area (Å²) in [6.07, 6.45) is 0.392. The van der Waals surface area contributed by atoms with Gasteiger partial charge >= 0.3 is 5.97 Å². The summed E-state index contributed by atoms with van der Waals surface area (Å²) in [4.78, 5) is 23.9. The van der Waals surface area contributed by atoms with Crippen LogP contribution >= 0.6 is 0 Å². The van der Waals surface area contributed by atoms with Gasteiger partial charge in [0.2, 0.25) is 5.91 Å². The van der Waals surface area contributed by atoms with Crippen LogP contribution in [0.3, 0.4) is 0 Å². The molecular weight excluding hydrogens is 314 g/mol. The van der Waals surface area contributed by atoms with E-state index in [0.29, 0.717) is 12.0 Å². The molecule has 3 aromatic rings. The van der Waals surface area contributed by atoms with Crippen LogP contribution in [0.1, 0.15) is 33.8 Å². The highest BCUT2D eigenvalue weighted by molar-refractivity contribution is 6.06. The van der Waals surface area contributed by atoms with Gasteiger partial charge in [-0.1, -0.05) is 48.5 Å². The van der Waals surface area contributed by atoms with Crippen molar-refractivity contribution >= 4 is 28.3 Å². The van der Waals surface area contributed by atoms with E-state index in [1.807, 2.05) is 36.4 Å². The molecule has 25 heavy (non-hydrogen) atoms. The highest BCUT2D eigenvalue weighted by Gasteiger charge is 2.27. The fraction of sp³-hybridized carbons (Fsp3) is 0.143. The number of carbonyl (C=O) groups is 2. The van der Waals surface area contributed by atoms with E-state index in [1.54, 1.807) is 12.1 Å². The number of hydrogen-bond donors (Lipinski definition) is 1. The second kappa shape index (κ2) is 6.06. The van der Waals surface area contributed by atoms with Crippen LogP contribution < -0.4 is 5.32 Å². The van der Waals surface area contributed by atoms with Gasteiger partial charge < -0.3 is 10.1 Å². The number of fused-ring (bicyclic) bond motifs is 3. The first kappa shape index (κ1) is 15.4. The van der Waals surface area contributed by atoms with Gasteiger partial charge in [-0.05, 0) is 28.6 Å². The first-order valence-corrected chi connectivity index (χ1v) is 8.17. The summed E-state index contributed by atoms with van der Waals surface area (Å²) in [5.74, 6) is -0.384. The van der Waals surface area contributed by atoms with Crippen LogP contribution in [-0.4, -0.2) is 19.0 Å². The zero-order chi connectivity index (χ0) is 17.4. The van der Waals surface area contributed by atoms with Gasteiger partial charge in [0.25, 0.3) is 0 Å². The van der Waals surface area contributed by atoms with Crippen LogP contribution in [0.5, 0.6) is 0 Å². The summed E-state index contributed by atoms with van der Waals surface area (Å²) < 4.78 is 4.74. The molecular formula is C21H17NO3. The third-order valence-corrected chi connectivity index (χ3v) is 4.72. The largest absolute Gasteiger partial charge is 0.465 e. The number of methoxy groups -OCH3 is 1. The topological polar surface area (TPSA) is 55.4 Å². The van der Waals surface area contributed by atoms with E-state index in [-0.39, 0.29) is 17.8 Å². The minimum absolute atomic E-state index is 0.00546. The molecule has 1 atom stereocenters. The van der Waals surface area contributed by atoms with Gasteiger partial charge in [0.05, 0.1) is 18.4 Å². The third-order valence-electron chi connectivity index (χ3n) is 4.72. The van der Waals surface area contributed by atoms with E-state index in [0.717, 1.165) is 27.6 Å². The van der Waals surface area contributed by atoms with Crippen molar-refractivity contribution in [2.75, 3.05) is 12.4 Å². The Morgan fingerprint density at radius 2 is 1.80 bits per heavy atom. The highest BCUT2D eigenvalue weighted by atomic mass is 16.5. The van der Waals surface area contributed by atoms with Crippen molar-refractivity contribution < 1.29 is 14.3 Å². The van der Waals surface area contributed by atoms with Crippen molar-refractivity contribution in [1.29, 1.82) is 0 Å². The van der Waals surface area contributed by atoms with Crippen molar-refractivity contribution in [2.24, 2.45) is 0 Å². The molecule has 0 fully saturated rings. The molecule has 0 aromatic heterocycles. The van der Waals surface area contributed by atoms with Crippen LogP contribution in [0.25, 0.3) is 10.8 Å². The molecule has 0 saturated heterocycles. The highest BCUT2D eigenvalue weighted by Crippen LogP contribution is 2.40. The summed E-state index contributed by atoms with van der Waals surface area (Å²) >= 11 is 0. The molecule has 4 heteroatoms. The predicted octanol–water partition coefficient (Wildman–Crippen LogP) is 4.10. The second-order valence-electron chi connectivity index (χ2n) is 6.17. The van der Waals surface area contributed by atoms with Gasteiger partial charge in [0.1, 0.15) is 0 Å². The van der Waals surface area contributed by atoms with E-state index in [2.05, 4.69) is 17.4 Å². The van der Waals surface area contributed by atoms with Gasteiger partial charge in [-0.15, -0.1) is 0 Å². The number of amides is 1. The predicted molar refractivity (Wildman–Crippen MR) is 96.8 cm³/mol. The second-order valence-corrected chi connectivity index (χ2v) is 6.17. The standard InChI is InChI=1S/C21H17NO3/c1-25-21(24)15-8-6-14(7-9-15)18-12-19(23)22-20-16-5-3-2-4-13(16)10-11-17(18)20/h2-11,18H,12H2,1H3,(H,22,23)/t18-/m0/s1. The minimum Gasteiger partial charge on any atom is -0.465 e. The SMILES string of the molecule is COC(=O)c1ccc([C@@H]2CC(=O)Nc3c2ccc2ccccc32)cc1. The number of carbonyl (C=O) groups excluding carboxylic acids is 2. The number of nitrogens with one attached hydrogen (secondary N) is 1. The van der Waals surface area contributed by atoms with E-state index < -0.39 is 0 Å². The minimum atomic E-state index is -0.362. The average molecular weight is 331 g/mol. The number of benzene rings is 3. The molecule has 0 radical (unpaired) electrons. The molecule has 3 aromatic carbocycles. The maximum Gasteiger partial charge on any atom is 0.337 e. The summed E-state index contributed by atoms with van der Waals surface area (Å²) in [5.41, 5.74) is 3.50. The summed E-state index contributed by atoms with van der Waals surface area (Å²) in [7, 11) is 1.36. The summed E-state index contributed by atoms with van der Waals surface area (Å²) in [5, 5.41) is 5.17. The Bertz CT molecular complexity index is 976. The smallest absolute Gasteiger partial charge is 0.337 e. The van der Waals surface area contributed by atoms with Gasteiger partial charge in [-0.3, -0.25) is 4.79 Å². The van der Waals surface area contributed by atoms with E-state index in [9.17, 15) is 9.59 Å². The summed E-state index contributed by atoms with van der Waals surface area (Å²) in [6, 6.07) is 19.5. The molecule has 1 aliphatic rings. The molecule has 0 bridgehead atoms. The van der Waals surface area contributed by atoms with Crippen molar-refractivity contribution in [1.82, 2.24) is 0 Å². The van der Waals surface area contributed by atoms with Crippen LogP contribution in [0.2, 0.25) is 0 Å².